The zero-order valence-corrected chi connectivity index (χ0v) is 9.88. The van der Waals surface area contributed by atoms with Crippen LogP contribution in [0, 0.1) is 0 Å². The quantitative estimate of drug-likeness (QED) is 0.496. The fraction of sp³-hybridized carbons (Fsp3) is 0.909. The number of amides is 1. The van der Waals surface area contributed by atoms with Crippen molar-refractivity contribution in [1.29, 1.82) is 0 Å². The Labute approximate surface area is 92.4 Å². The van der Waals surface area contributed by atoms with Gasteiger partial charge in [-0.1, -0.05) is 0 Å². The van der Waals surface area contributed by atoms with E-state index in [0.29, 0.717) is 6.42 Å². The third-order valence-electron chi connectivity index (χ3n) is 1.99. The molecule has 0 aromatic carbocycles. The highest BCUT2D eigenvalue weighted by atomic mass is 16.2. The maximum atomic E-state index is 11.2. The van der Waals surface area contributed by atoms with Gasteiger partial charge >= 0.3 is 0 Å². The molecule has 0 bridgehead atoms. The van der Waals surface area contributed by atoms with Crippen LogP contribution in [0.2, 0.25) is 0 Å². The molecule has 4 nitrogen and oxygen atoms in total. The molecule has 1 amide bonds. The summed E-state index contributed by atoms with van der Waals surface area (Å²) >= 11 is 0. The minimum Gasteiger partial charge on any atom is -0.396 e. The van der Waals surface area contributed by atoms with Crippen LogP contribution in [0.15, 0.2) is 0 Å². The molecule has 0 saturated carbocycles. The van der Waals surface area contributed by atoms with Crippen molar-refractivity contribution in [3.05, 3.63) is 0 Å². The molecule has 0 aliphatic heterocycles. The summed E-state index contributed by atoms with van der Waals surface area (Å²) in [5, 5.41) is 14.6. The van der Waals surface area contributed by atoms with E-state index in [-0.39, 0.29) is 18.6 Å². The first-order valence-electron chi connectivity index (χ1n) is 5.77. The summed E-state index contributed by atoms with van der Waals surface area (Å²) in [5.41, 5.74) is 0. The van der Waals surface area contributed by atoms with E-state index in [1.165, 1.54) is 0 Å². The van der Waals surface area contributed by atoms with E-state index < -0.39 is 0 Å². The number of unbranched alkanes of at least 4 members (excludes halogenated alkanes) is 2. The Balaban J connectivity index is 3.13. The summed E-state index contributed by atoms with van der Waals surface area (Å²) < 4.78 is 0. The van der Waals surface area contributed by atoms with Crippen molar-refractivity contribution in [1.82, 2.24) is 10.6 Å². The van der Waals surface area contributed by atoms with Gasteiger partial charge in [0.25, 0.3) is 0 Å². The minimum atomic E-state index is 0.104. The normalized spacial score (nSPS) is 10.7. The maximum absolute atomic E-state index is 11.2. The molecule has 3 N–H and O–H groups in total. The highest BCUT2D eigenvalue weighted by Crippen LogP contribution is 1.91. The van der Waals surface area contributed by atoms with Crippen LogP contribution < -0.4 is 10.6 Å². The van der Waals surface area contributed by atoms with Crippen LogP contribution in [0.1, 0.15) is 39.5 Å². The van der Waals surface area contributed by atoms with E-state index in [1.54, 1.807) is 0 Å². The highest BCUT2D eigenvalue weighted by molar-refractivity contribution is 5.76. The largest absolute Gasteiger partial charge is 0.396 e. The van der Waals surface area contributed by atoms with Crippen molar-refractivity contribution in [2.75, 3.05) is 19.7 Å². The van der Waals surface area contributed by atoms with E-state index in [9.17, 15) is 4.79 Å². The van der Waals surface area contributed by atoms with Crippen molar-refractivity contribution in [3.63, 3.8) is 0 Å². The van der Waals surface area contributed by atoms with Gasteiger partial charge in [-0.3, -0.25) is 4.79 Å². The first-order chi connectivity index (χ1) is 7.16. The van der Waals surface area contributed by atoms with E-state index in [4.69, 9.17) is 5.11 Å². The number of carbonyl (C=O) groups excluding carboxylic acids is 1. The van der Waals surface area contributed by atoms with Gasteiger partial charge in [-0.25, -0.2) is 0 Å². The lowest BCUT2D eigenvalue weighted by Gasteiger charge is -2.08. The zero-order valence-electron chi connectivity index (χ0n) is 9.88. The lowest BCUT2D eigenvalue weighted by Crippen LogP contribution is -2.32. The van der Waals surface area contributed by atoms with Crippen LogP contribution in [0.25, 0.3) is 0 Å². The fourth-order valence-corrected chi connectivity index (χ4v) is 1.26. The van der Waals surface area contributed by atoms with Gasteiger partial charge in [0.2, 0.25) is 5.91 Å². The first-order valence-corrected chi connectivity index (χ1v) is 5.77. The molecular formula is C11H24N2O2. The predicted molar refractivity (Wildman–Crippen MR) is 61.7 cm³/mol. The van der Waals surface area contributed by atoms with Crippen molar-refractivity contribution in [2.24, 2.45) is 0 Å². The molecule has 0 atom stereocenters. The van der Waals surface area contributed by atoms with Crippen molar-refractivity contribution in [2.45, 2.75) is 45.6 Å². The van der Waals surface area contributed by atoms with Gasteiger partial charge < -0.3 is 15.7 Å². The lowest BCUT2D eigenvalue weighted by atomic mass is 10.2. The average molecular weight is 216 g/mol. The second-order valence-corrected chi connectivity index (χ2v) is 4.01. The molecule has 0 unspecified atom stereocenters. The number of aliphatic hydroxyl groups excluding tert-OH is 1. The molecule has 15 heavy (non-hydrogen) atoms. The molecule has 0 saturated heterocycles. The number of hydrogen-bond donors (Lipinski definition) is 3. The summed E-state index contributed by atoms with van der Waals surface area (Å²) in [5.74, 6) is 0.104. The van der Waals surface area contributed by atoms with Crippen LogP contribution in [0.3, 0.4) is 0 Å². The average Bonchev–Trinajstić information content (AvgIpc) is 2.15. The highest BCUT2D eigenvalue weighted by Gasteiger charge is 2.01. The molecular weight excluding hydrogens is 192 g/mol. The summed E-state index contributed by atoms with van der Waals surface area (Å²) in [4.78, 5) is 11.2. The Hall–Kier alpha value is -0.610. The summed E-state index contributed by atoms with van der Waals surface area (Å²) in [6.07, 6.45) is 3.52. The standard InChI is InChI=1S/C11H24N2O2/c1-10(2)13-11(15)6-8-12-7-4-3-5-9-14/h10,12,14H,3-9H2,1-2H3,(H,13,15). The molecule has 0 aliphatic carbocycles. The first kappa shape index (κ1) is 14.4. The molecule has 0 spiro atoms. The Morgan fingerprint density at radius 2 is 1.93 bits per heavy atom. The number of aliphatic hydroxyl groups is 1. The van der Waals surface area contributed by atoms with Crippen LogP contribution in [0.5, 0.6) is 0 Å². The van der Waals surface area contributed by atoms with E-state index in [2.05, 4.69) is 10.6 Å². The maximum Gasteiger partial charge on any atom is 0.221 e. The molecule has 0 aromatic heterocycles. The van der Waals surface area contributed by atoms with Crippen LogP contribution in [0.4, 0.5) is 0 Å². The molecule has 4 heteroatoms. The number of hydrogen-bond acceptors (Lipinski definition) is 3. The van der Waals surface area contributed by atoms with Crippen LogP contribution >= 0.6 is 0 Å². The predicted octanol–water partition coefficient (Wildman–Crippen LogP) is 0.653. The third-order valence-corrected chi connectivity index (χ3v) is 1.99. The number of nitrogens with one attached hydrogen (secondary N) is 2. The van der Waals surface area contributed by atoms with Gasteiger partial charge in [-0.05, 0) is 39.7 Å². The van der Waals surface area contributed by atoms with Gasteiger partial charge in [0.15, 0.2) is 0 Å². The molecule has 0 radical (unpaired) electrons. The van der Waals surface area contributed by atoms with Gasteiger partial charge in [0, 0.05) is 25.6 Å². The molecule has 0 aromatic rings. The van der Waals surface area contributed by atoms with E-state index in [1.807, 2.05) is 13.8 Å². The van der Waals surface area contributed by atoms with Gasteiger partial charge in [0.05, 0.1) is 0 Å². The number of rotatable bonds is 9. The second kappa shape index (κ2) is 9.93. The van der Waals surface area contributed by atoms with Crippen LogP contribution in [-0.2, 0) is 4.79 Å². The molecule has 0 rings (SSSR count). The van der Waals surface area contributed by atoms with Crippen molar-refractivity contribution < 1.29 is 9.90 Å². The second-order valence-electron chi connectivity index (χ2n) is 4.01. The third kappa shape index (κ3) is 11.3. The number of carbonyl (C=O) groups is 1. The lowest BCUT2D eigenvalue weighted by molar-refractivity contribution is -0.121. The Morgan fingerprint density at radius 1 is 1.20 bits per heavy atom. The van der Waals surface area contributed by atoms with E-state index >= 15 is 0 Å². The monoisotopic (exact) mass is 216 g/mol. The molecule has 0 fully saturated rings. The Kier molecular flexibility index (Phi) is 9.52. The van der Waals surface area contributed by atoms with Gasteiger partial charge in [-0.2, -0.15) is 0 Å². The topological polar surface area (TPSA) is 61.4 Å². The fourth-order valence-electron chi connectivity index (χ4n) is 1.26. The van der Waals surface area contributed by atoms with E-state index in [0.717, 1.165) is 32.4 Å². The smallest absolute Gasteiger partial charge is 0.221 e. The molecule has 0 aliphatic rings. The summed E-state index contributed by atoms with van der Waals surface area (Å²) in [6, 6.07) is 0.224. The van der Waals surface area contributed by atoms with Gasteiger partial charge in [-0.15, -0.1) is 0 Å². The van der Waals surface area contributed by atoms with Crippen molar-refractivity contribution in [3.8, 4) is 0 Å². The van der Waals surface area contributed by atoms with Crippen LogP contribution in [-0.4, -0.2) is 36.8 Å². The molecule has 0 heterocycles. The molecule has 90 valence electrons. The minimum absolute atomic E-state index is 0.104. The SMILES string of the molecule is CC(C)NC(=O)CCNCCCCCO. The summed E-state index contributed by atoms with van der Waals surface area (Å²) in [7, 11) is 0. The zero-order chi connectivity index (χ0) is 11.5. The summed E-state index contributed by atoms with van der Waals surface area (Å²) in [6.45, 7) is 5.85. The van der Waals surface area contributed by atoms with Gasteiger partial charge in [0.1, 0.15) is 0 Å². The Bertz CT molecular complexity index is 161. The Morgan fingerprint density at radius 3 is 2.53 bits per heavy atom. The van der Waals surface area contributed by atoms with Crippen molar-refractivity contribution >= 4 is 5.91 Å².